The van der Waals surface area contributed by atoms with Crippen molar-refractivity contribution in [2.45, 2.75) is 81.2 Å². The molecular weight excluding hydrogens is 1250 g/mol. The molecule has 0 bridgehead atoms. The van der Waals surface area contributed by atoms with E-state index in [2.05, 4.69) is 41.1 Å². The van der Waals surface area contributed by atoms with E-state index in [9.17, 15) is 56.4 Å². The van der Waals surface area contributed by atoms with Crippen LogP contribution in [0.5, 0.6) is 0 Å². The van der Waals surface area contributed by atoms with Crippen LogP contribution < -0.4 is 22.2 Å². The lowest BCUT2D eigenvalue weighted by Gasteiger charge is -2.46. The Morgan fingerprint density at radius 3 is 1.69 bits per heavy atom. The number of hydrazine groups is 1. The second kappa shape index (κ2) is 27.6. The normalized spacial score (nSPS) is 22.4. The topological polar surface area (TPSA) is 323 Å². The van der Waals surface area contributed by atoms with Crippen molar-refractivity contribution in [1.29, 1.82) is 0 Å². The third kappa shape index (κ3) is 14.1. The maximum absolute atomic E-state index is 14.4. The predicted octanol–water partition coefficient (Wildman–Crippen LogP) is 4.59. The van der Waals surface area contributed by atoms with Gasteiger partial charge in [0.1, 0.15) is 91.5 Å². The number of aromatic nitrogens is 9. The highest BCUT2D eigenvalue weighted by Gasteiger charge is 2.52. The molecule has 0 saturated carbocycles. The number of nitrogens with two attached hydrogens (primary N) is 2. The van der Waals surface area contributed by atoms with Gasteiger partial charge < -0.3 is 60.7 Å². The first-order valence-electron chi connectivity index (χ1n) is 26.1. The summed E-state index contributed by atoms with van der Waals surface area (Å²) in [5, 5.41) is 68.4. The molecule has 5 heterocycles. The highest BCUT2D eigenvalue weighted by Crippen LogP contribution is 2.42. The summed E-state index contributed by atoms with van der Waals surface area (Å²) in [6.45, 7) is -0.216. The highest BCUT2D eigenvalue weighted by atomic mass is 35.5. The van der Waals surface area contributed by atoms with Crippen molar-refractivity contribution in [3.8, 4) is 22.6 Å². The number of nitrogens with one attached hydrogen (secondary N) is 2. The number of halogens is 10. The van der Waals surface area contributed by atoms with Crippen LogP contribution in [-0.4, -0.2) is 164 Å². The van der Waals surface area contributed by atoms with E-state index in [0.29, 0.717) is 24.3 Å². The van der Waals surface area contributed by atoms with Crippen molar-refractivity contribution in [3.05, 3.63) is 157 Å². The van der Waals surface area contributed by atoms with Gasteiger partial charge in [0.25, 0.3) is 0 Å². The third-order valence-corrected chi connectivity index (χ3v) is 15.0. The summed E-state index contributed by atoms with van der Waals surface area (Å²) in [7, 11) is 0. The third-order valence-electron chi connectivity index (χ3n) is 13.8. The van der Waals surface area contributed by atoms with Crippen molar-refractivity contribution in [1.82, 2.24) is 60.2 Å². The highest BCUT2D eigenvalue weighted by molar-refractivity contribution is 6.35. The lowest BCUT2D eigenvalue weighted by Crippen LogP contribution is -2.63. The second-order valence-corrected chi connectivity index (χ2v) is 21.5. The Morgan fingerprint density at radius 1 is 0.713 bits per heavy atom. The number of ether oxygens (including phenoxy) is 4. The minimum atomic E-state index is -1.76. The maximum atomic E-state index is 14.4. The monoisotopic (exact) mass is 1300 g/mol. The Bertz CT molecular complexity index is 3660. The maximum Gasteiger partial charge on any atom is 0.246 e. The van der Waals surface area contributed by atoms with Gasteiger partial charge in [-0.2, -0.15) is 10.2 Å². The quantitative estimate of drug-likeness (QED) is 0.0160. The van der Waals surface area contributed by atoms with Crippen molar-refractivity contribution in [2.75, 3.05) is 39.5 Å². The molecule has 34 heteroatoms. The van der Waals surface area contributed by atoms with Gasteiger partial charge in [0.05, 0.1) is 46.5 Å². The number of aliphatic hydroxyl groups excluding tert-OH is 4. The number of hydrogen-bond donors (Lipinski definition) is 8. The first-order valence-corrected chi connectivity index (χ1v) is 27.6. The Hall–Kier alpha value is -7.04. The van der Waals surface area contributed by atoms with E-state index in [1.807, 2.05) is 0 Å². The molecule has 24 nitrogen and oxygen atoms in total. The van der Waals surface area contributed by atoms with E-state index < -0.39 is 140 Å². The predicted molar refractivity (Wildman–Crippen MR) is 296 cm³/mol. The Kier molecular flexibility index (Phi) is 20.4. The molecule has 0 aliphatic carbocycles. The van der Waals surface area contributed by atoms with Crippen molar-refractivity contribution >= 4 is 63.9 Å². The molecule has 2 amide bonds. The smallest absolute Gasteiger partial charge is 0.246 e. The van der Waals surface area contributed by atoms with Gasteiger partial charge in [0, 0.05) is 40.5 Å². The number of carbonyl (C=O) groups excluding carboxylic acids is 2. The van der Waals surface area contributed by atoms with Gasteiger partial charge in [0.15, 0.2) is 46.6 Å². The number of nitrogens with zero attached hydrogens (tertiary/aromatic N) is 10. The van der Waals surface area contributed by atoms with Crippen LogP contribution in [0.15, 0.2) is 73.1 Å². The van der Waals surface area contributed by atoms with Gasteiger partial charge in [-0.15, -0.1) is 5.10 Å². The van der Waals surface area contributed by atoms with Crippen LogP contribution in [0, 0.1) is 48.8 Å². The fourth-order valence-corrected chi connectivity index (χ4v) is 10.5. The molecule has 2 aliphatic rings. The van der Waals surface area contributed by atoms with E-state index in [1.165, 1.54) is 58.9 Å². The number of amides is 2. The van der Waals surface area contributed by atoms with Gasteiger partial charge >= 0.3 is 0 Å². The van der Waals surface area contributed by atoms with Gasteiger partial charge in [0.2, 0.25) is 11.8 Å². The van der Waals surface area contributed by atoms with Crippen LogP contribution in [0.4, 0.5) is 26.3 Å². The van der Waals surface area contributed by atoms with E-state index in [1.54, 1.807) is 6.92 Å². The van der Waals surface area contributed by atoms with Crippen LogP contribution in [0.3, 0.4) is 0 Å². The zero-order valence-corrected chi connectivity index (χ0v) is 48.3. The van der Waals surface area contributed by atoms with Crippen LogP contribution >= 0.6 is 46.4 Å². The van der Waals surface area contributed by atoms with Crippen LogP contribution in [0.25, 0.3) is 28.3 Å². The summed E-state index contributed by atoms with van der Waals surface area (Å²) in [4.78, 5) is 36.3. The van der Waals surface area contributed by atoms with Crippen molar-refractivity contribution < 1.29 is 75.3 Å². The molecule has 4 aromatic carbocycles. The lowest BCUT2D eigenvalue weighted by atomic mass is 9.91. The average Bonchev–Trinajstić information content (AvgIpc) is 1.82. The first-order chi connectivity index (χ1) is 41.5. The van der Waals surface area contributed by atoms with Gasteiger partial charge in [-0.3, -0.25) is 9.59 Å². The molecule has 87 heavy (non-hydrogen) atoms. The number of carbonyl (C=O) groups is 2. The lowest BCUT2D eigenvalue weighted by molar-refractivity contribution is -0.227. The number of aryl methyl sites for hydroxylation is 2. The number of aliphatic hydroxyl groups is 4. The fourth-order valence-electron chi connectivity index (χ4n) is 9.80. The number of benzene rings is 4. The summed E-state index contributed by atoms with van der Waals surface area (Å²) >= 11 is 25.9. The molecule has 10 atom stereocenters. The largest absolute Gasteiger partial charge is 0.397 e. The molecule has 7 aromatic rings. The molecule has 2 saturated heterocycles. The summed E-state index contributed by atoms with van der Waals surface area (Å²) in [5.41, 5.74) is 5.46. The van der Waals surface area contributed by atoms with Gasteiger partial charge in [-0.25, -0.2) is 56.2 Å². The van der Waals surface area contributed by atoms with E-state index >= 15 is 0 Å². The van der Waals surface area contributed by atoms with E-state index in [4.69, 9.17) is 76.9 Å². The Balaban J connectivity index is 0.910. The second-order valence-electron chi connectivity index (χ2n) is 19.8. The first kappa shape index (κ1) is 64.4. The van der Waals surface area contributed by atoms with E-state index in [0.717, 1.165) is 15.9 Å². The molecule has 2 fully saturated rings. The van der Waals surface area contributed by atoms with Crippen LogP contribution in [-0.2, 0) is 28.5 Å². The molecule has 464 valence electrons. The van der Waals surface area contributed by atoms with Crippen molar-refractivity contribution in [3.63, 3.8) is 0 Å². The van der Waals surface area contributed by atoms with E-state index in [-0.39, 0.29) is 91.1 Å². The zero-order chi connectivity index (χ0) is 62.7. The van der Waals surface area contributed by atoms with Crippen LogP contribution in [0.1, 0.15) is 53.5 Å². The summed E-state index contributed by atoms with van der Waals surface area (Å²) in [6.07, 6.45) is -9.96. The van der Waals surface area contributed by atoms with Gasteiger partial charge in [-0.1, -0.05) is 51.6 Å². The molecular formula is C53H52Cl4F6N14O10. The zero-order valence-electron chi connectivity index (χ0n) is 45.3. The van der Waals surface area contributed by atoms with Crippen molar-refractivity contribution in [2.24, 2.45) is 11.6 Å². The molecule has 10 unspecified atom stereocenters. The fraction of sp³-hybridized carbons (Fsp3) is 0.358. The summed E-state index contributed by atoms with van der Waals surface area (Å²) in [5.74, 6) is -4.29. The molecule has 2 aliphatic heterocycles. The number of hydrogen-bond acceptors (Lipinski definition) is 19. The minimum absolute atomic E-state index is 0.00651. The standard InChI is InChI=1S/C53H52Cl4F6N14O10/c1-22-68-52(76(71-22)36-14-26(54)4-6-28(36)56)50-48(44(46(82)38(18-78)86-50)74(65)16-34(64)24-10-30(58)42(62)31(59)11-24)84-20-40(80)66-8-3-9-67-41(81)21-85-49-45(75-17-35(70-73-75)25-12-32(60)43(63)33(61)13-25)47(83)39(19-79)87-51(49)53-69-23(2)72-77(53)37-15-27(55)5-7-29(37)57/h4-7,10-17,38-39,44-51,78-79,82-83H,3,8-9,18-21,64-65H2,1-2H3,(H,66,80)(H,67,81)/b34-16-. The summed E-state index contributed by atoms with van der Waals surface area (Å²) < 4.78 is 114. The number of rotatable bonds is 21. The SMILES string of the molecule is Cc1nc(C2OC(CO)C(O)C(N(N)/C=C(\N)c3cc(F)c(F)c(F)c3)C2OCC(=O)NCCCNC(=O)COC2C(c3nc(C)nn3-c3cc(Cl)ccc3Cl)OC(CO)C(O)C2n2cc(-c3cc(F)c(F)c(F)c3)nn2)n(-c2cc(Cl)ccc2Cl)n1. The molecule has 10 N–H and O–H groups in total. The summed E-state index contributed by atoms with van der Waals surface area (Å²) in [6, 6.07) is 8.63. The molecule has 9 rings (SSSR count). The molecule has 0 spiro atoms. The molecule has 0 radical (unpaired) electrons. The minimum Gasteiger partial charge on any atom is -0.397 e. The average molecular weight is 1300 g/mol. The Morgan fingerprint density at radius 2 is 1.18 bits per heavy atom. The van der Waals surface area contributed by atoms with Crippen LogP contribution in [0.2, 0.25) is 20.1 Å². The van der Waals surface area contributed by atoms with Gasteiger partial charge in [-0.05, 0) is 80.9 Å². The Labute approximate surface area is 509 Å². The molecule has 3 aromatic heterocycles.